The van der Waals surface area contributed by atoms with E-state index in [1.807, 2.05) is 37.3 Å². The van der Waals surface area contributed by atoms with Gasteiger partial charge in [-0.2, -0.15) is 0 Å². The maximum absolute atomic E-state index is 12.2. The second-order valence-electron chi connectivity index (χ2n) is 6.58. The Morgan fingerprint density at radius 3 is 2.66 bits per heavy atom. The van der Waals surface area contributed by atoms with Gasteiger partial charge in [-0.1, -0.05) is 30.4 Å². The Bertz CT molecular complexity index is 1050. The van der Waals surface area contributed by atoms with E-state index in [-0.39, 0.29) is 6.61 Å². The third-order valence-electron chi connectivity index (χ3n) is 4.77. The highest BCUT2D eigenvalue weighted by Crippen LogP contribution is 2.36. The SMILES string of the molecule is CCOC(=O)/C=C/C(=O)Nc1cccc(-c2ccc(C(N)=O)c3c2C=CC3)c1C. The molecule has 0 aromatic heterocycles. The smallest absolute Gasteiger partial charge is 0.330 e. The van der Waals surface area contributed by atoms with E-state index in [0.717, 1.165) is 40.0 Å². The second-order valence-corrected chi connectivity index (χ2v) is 6.58. The molecular formula is C23H22N2O4. The van der Waals surface area contributed by atoms with E-state index in [0.29, 0.717) is 17.7 Å². The molecule has 0 saturated heterocycles. The molecule has 2 aromatic carbocycles. The van der Waals surface area contributed by atoms with Gasteiger partial charge in [0, 0.05) is 23.4 Å². The highest BCUT2D eigenvalue weighted by atomic mass is 16.5. The minimum Gasteiger partial charge on any atom is -0.463 e. The van der Waals surface area contributed by atoms with E-state index >= 15 is 0 Å². The van der Waals surface area contributed by atoms with Crippen LogP contribution in [0.15, 0.2) is 48.6 Å². The summed E-state index contributed by atoms with van der Waals surface area (Å²) in [7, 11) is 0. The Balaban J connectivity index is 1.92. The summed E-state index contributed by atoms with van der Waals surface area (Å²) >= 11 is 0. The number of ether oxygens (including phenoxy) is 1. The first-order valence-electron chi connectivity index (χ1n) is 9.30. The molecule has 0 unspecified atom stereocenters. The molecule has 0 fully saturated rings. The van der Waals surface area contributed by atoms with E-state index in [2.05, 4.69) is 5.32 Å². The summed E-state index contributed by atoms with van der Waals surface area (Å²) < 4.78 is 4.77. The first kappa shape index (κ1) is 20.1. The van der Waals surface area contributed by atoms with Crippen LogP contribution >= 0.6 is 0 Å². The number of amides is 2. The summed E-state index contributed by atoms with van der Waals surface area (Å²) in [5.74, 6) is -1.43. The molecule has 0 bridgehead atoms. The molecule has 1 aliphatic rings. The first-order chi connectivity index (χ1) is 13.9. The number of anilines is 1. The average molecular weight is 390 g/mol. The van der Waals surface area contributed by atoms with Gasteiger partial charge in [0.2, 0.25) is 11.8 Å². The number of allylic oxidation sites excluding steroid dienone is 1. The van der Waals surface area contributed by atoms with E-state index in [1.165, 1.54) is 0 Å². The zero-order valence-electron chi connectivity index (χ0n) is 16.3. The van der Waals surface area contributed by atoms with Gasteiger partial charge in [0.1, 0.15) is 0 Å². The summed E-state index contributed by atoms with van der Waals surface area (Å²) in [5, 5.41) is 2.79. The molecule has 0 atom stereocenters. The molecule has 0 radical (unpaired) electrons. The van der Waals surface area contributed by atoms with Gasteiger partial charge in [0.05, 0.1) is 6.61 Å². The minimum absolute atomic E-state index is 0.249. The monoisotopic (exact) mass is 390 g/mol. The van der Waals surface area contributed by atoms with Gasteiger partial charge in [0.15, 0.2) is 0 Å². The number of esters is 1. The van der Waals surface area contributed by atoms with Crippen molar-refractivity contribution >= 4 is 29.5 Å². The van der Waals surface area contributed by atoms with Crippen LogP contribution < -0.4 is 11.1 Å². The molecule has 0 aliphatic heterocycles. The number of hydrogen-bond acceptors (Lipinski definition) is 4. The predicted molar refractivity (Wildman–Crippen MR) is 112 cm³/mol. The van der Waals surface area contributed by atoms with Gasteiger partial charge in [-0.05, 0) is 60.2 Å². The molecule has 148 valence electrons. The van der Waals surface area contributed by atoms with Crippen LogP contribution in [-0.4, -0.2) is 24.4 Å². The lowest BCUT2D eigenvalue weighted by atomic mass is 9.90. The van der Waals surface area contributed by atoms with Crippen molar-refractivity contribution in [2.24, 2.45) is 5.73 Å². The number of fused-ring (bicyclic) bond motifs is 1. The van der Waals surface area contributed by atoms with Gasteiger partial charge >= 0.3 is 5.97 Å². The summed E-state index contributed by atoms with van der Waals surface area (Å²) in [6.07, 6.45) is 6.89. The fraction of sp³-hybridized carbons (Fsp3) is 0.174. The van der Waals surface area contributed by atoms with Crippen molar-refractivity contribution in [3.05, 3.63) is 70.8 Å². The topological polar surface area (TPSA) is 98.5 Å². The van der Waals surface area contributed by atoms with Gasteiger partial charge < -0.3 is 15.8 Å². The molecule has 1 aliphatic carbocycles. The molecule has 3 rings (SSSR count). The molecule has 29 heavy (non-hydrogen) atoms. The molecule has 2 aromatic rings. The number of nitrogens with one attached hydrogen (secondary N) is 1. The molecule has 0 saturated carbocycles. The number of nitrogens with two attached hydrogens (primary N) is 1. The van der Waals surface area contributed by atoms with Crippen molar-refractivity contribution in [2.75, 3.05) is 11.9 Å². The summed E-state index contributed by atoms with van der Waals surface area (Å²) in [6.45, 7) is 3.86. The van der Waals surface area contributed by atoms with Crippen LogP contribution in [0.25, 0.3) is 17.2 Å². The van der Waals surface area contributed by atoms with Gasteiger partial charge in [-0.3, -0.25) is 9.59 Å². The number of carbonyl (C=O) groups excluding carboxylic acids is 3. The van der Waals surface area contributed by atoms with Crippen LogP contribution in [0.3, 0.4) is 0 Å². The van der Waals surface area contributed by atoms with Crippen LogP contribution in [0, 0.1) is 6.92 Å². The Morgan fingerprint density at radius 1 is 1.14 bits per heavy atom. The summed E-state index contributed by atoms with van der Waals surface area (Å²) in [4.78, 5) is 35.2. The normalized spacial score (nSPS) is 12.1. The largest absolute Gasteiger partial charge is 0.463 e. The second kappa shape index (κ2) is 8.56. The number of primary amides is 1. The lowest BCUT2D eigenvalue weighted by Crippen LogP contribution is -2.14. The Morgan fingerprint density at radius 2 is 1.93 bits per heavy atom. The van der Waals surface area contributed by atoms with Crippen molar-refractivity contribution in [3.8, 4) is 11.1 Å². The minimum atomic E-state index is -0.565. The van der Waals surface area contributed by atoms with E-state index in [4.69, 9.17) is 10.5 Å². The van der Waals surface area contributed by atoms with Crippen LogP contribution in [0.2, 0.25) is 0 Å². The highest BCUT2D eigenvalue weighted by Gasteiger charge is 2.19. The average Bonchev–Trinajstić information content (AvgIpc) is 3.17. The number of benzene rings is 2. The Labute approximate surface area is 169 Å². The molecule has 6 heteroatoms. The zero-order valence-corrected chi connectivity index (χ0v) is 16.3. The zero-order chi connectivity index (χ0) is 21.0. The summed E-state index contributed by atoms with van der Waals surface area (Å²) in [6, 6.07) is 9.23. The van der Waals surface area contributed by atoms with Crippen molar-refractivity contribution in [2.45, 2.75) is 20.3 Å². The van der Waals surface area contributed by atoms with Crippen molar-refractivity contribution in [1.29, 1.82) is 0 Å². The molecule has 0 heterocycles. The third-order valence-corrected chi connectivity index (χ3v) is 4.77. The van der Waals surface area contributed by atoms with E-state index in [9.17, 15) is 14.4 Å². The maximum atomic E-state index is 12.2. The summed E-state index contributed by atoms with van der Waals surface area (Å²) in [5.41, 5.74) is 11.3. The molecule has 2 amide bonds. The third kappa shape index (κ3) is 4.27. The fourth-order valence-electron chi connectivity index (χ4n) is 3.41. The predicted octanol–water partition coefficient (Wildman–Crippen LogP) is 3.39. The molecular weight excluding hydrogens is 368 g/mol. The lowest BCUT2D eigenvalue weighted by Gasteiger charge is -2.16. The van der Waals surface area contributed by atoms with Gasteiger partial charge in [0.25, 0.3) is 0 Å². The number of hydrogen-bond donors (Lipinski definition) is 2. The van der Waals surface area contributed by atoms with Crippen molar-refractivity contribution in [3.63, 3.8) is 0 Å². The van der Waals surface area contributed by atoms with Crippen LogP contribution in [0.5, 0.6) is 0 Å². The quantitative estimate of drug-likeness (QED) is 0.583. The highest BCUT2D eigenvalue weighted by molar-refractivity contribution is 6.04. The Hall–Kier alpha value is -3.67. The van der Waals surface area contributed by atoms with Gasteiger partial charge in [-0.15, -0.1) is 0 Å². The van der Waals surface area contributed by atoms with Crippen LogP contribution in [-0.2, 0) is 20.7 Å². The lowest BCUT2D eigenvalue weighted by molar-refractivity contribution is -0.137. The fourth-order valence-corrected chi connectivity index (χ4v) is 3.41. The maximum Gasteiger partial charge on any atom is 0.330 e. The molecule has 6 nitrogen and oxygen atoms in total. The van der Waals surface area contributed by atoms with Crippen LogP contribution in [0.4, 0.5) is 5.69 Å². The molecule has 3 N–H and O–H groups in total. The molecule has 0 spiro atoms. The van der Waals surface area contributed by atoms with Crippen molar-refractivity contribution in [1.82, 2.24) is 0 Å². The van der Waals surface area contributed by atoms with Crippen LogP contribution in [0.1, 0.15) is 34.0 Å². The van der Waals surface area contributed by atoms with E-state index in [1.54, 1.807) is 19.1 Å². The Kier molecular flexibility index (Phi) is 5.93. The number of carbonyl (C=O) groups is 3. The van der Waals surface area contributed by atoms with Gasteiger partial charge in [-0.25, -0.2) is 4.79 Å². The van der Waals surface area contributed by atoms with E-state index < -0.39 is 17.8 Å². The first-order valence-corrected chi connectivity index (χ1v) is 9.30. The number of rotatable bonds is 6. The van der Waals surface area contributed by atoms with Crippen molar-refractivity contribution < 1.29 is 19.1 Å². The standard InChI is InChI=1S/C23H22N2O4/c1-3-29-22(27)13-12-21(26)25-20-9-5-6-15(14(20)2)18-10-11-19(23(24)28)17-8-4-7-16(17)18/h4-7,9-13H,3,8H2,1-2H3,(H2,24,28)(H,25,26)/b13-12+.